The molecule has 0 fully saturated rings. The van der Waals surface area contributed by atoms with Crippen LogP contribution in [0.5, 0.6) is 0 Å². The van der Waals surface area contributed by atoms with Gasteiger partial charge in [-0.1, -0.05) is 15.9 Å². The number of rotatable bonds is 1. The molecule has 0 nitrogen and oxygen atoms in total. The van der Waals surface area contributed by atoms with Gasteiger partial charge in [-0.05, 0) is 28.1 Å². The molecule has 0 saturated carbocycles. The fraction of sp³-hybridized carbons (Fsp3) is 0.143. The van der Waals surface area contributed by atoms with Crippen molar-refractivity contribution in [2.45, 2.75) is 6.43 Å². The molecule has 0 atom stereocenters. The zero-order chi connectivity index (χ0) is 9.30. The van der Waals surface area contributed by atoms with E-state index in [1.807, 2.05) is 0 Å². The molecule has 0 spiro atoms. The van der Waals surface area contributed by atoms with Gasteiger partial charge < -0.3 is 0 Å². The van der Waals surface area contributed by atoms with Crippen molar-refractivity contribution in [2.75, 3.05) is 0 Å². The van der Waals surface area contributed by atoms with Crippen molar-refractivity contribution >= 4 is 31.9 Å². The highest BCUT2D eigenvalue weighted by Gasteiger charge is 2.18. The molecule has 0 heterocycles. The fourth-order valence-electron chi connectivity index (χ4n) is 0.743. The molecule has 12 heavy (non-hydrogen) atoms. The first-order valence-electron chi connectivity index (χ1n) is 2.95. The van der Waals surface area contributed by atoms with E-state index < -0.39 is 17.8 Å². The summed E-state index contributed by atoms with van der Waals surface area (Å²) in [6.07, 6.45) is -2.81. The fourth-order valence-corrected chi connectivity index (χ4v) is 1.57. The Morgan fingerprint density at radius 1 is 1.08 bits per heavy atom. The van der Waals surface area contributed by atoms with Crippen molar-refractivity contribution in [1.29, 1.82) is 0 Å². The van der Waals surface area contributed by atoms with Gasteiger partial charge >= 0.3 is 0 Å². The van der Waals surface area contributed by atoms with E-state index in [2.05, 4.69) is 31.9 Å². The summed E-state index contributed by atoms with van der Waals surface area (Å²) in [5.41, 5.74) is -0.607. The summed E-state index contributed by atoms with van der Waals surface area (Å²) in [6.45, 7) is 0. The van der Waals surface area contributed by atoms with Gasteiger partial charge in [0.1, 0.15) is 5.82 Å². The molecule has 0 amide bonds. The van der Waals surface area contributed by atoms with E-state index in [0.29, 0.717) is 0 Å². The average Bonchev–Trinajstić information content (AvgIpc) is 1.97. The molecule has 1 rings (SSSR count). The lowest BCUT2D eigenvalue weighted by Gasteiger charge is -2.05. The summed E-state index contributed by atoms with van der Waals surface area (Å²) < 4.78 is 37.4. The highest BCUT2D eigenvalue weighted by molar-refractivity contribution is 9.11. The van der Waals surface area contributed by atoms with Crippen molar-refractivity contribution in [1.82, 2.24) is 0 Å². The maximum absolute atomic E-state index is 13.0. The van der Waals surface area contributed by atoms with Gasteiger partial charge in [-0.15, -0.1) is 0 Å². The van der Waals surface area contributed by atoms with Crippen molar-refractivity contribution in [2.24, 2.45) is 0 Å². The minimum Gasteiger partial charge on any atom is -0.205 e. The number of hydrogen-bond acceptors (Lipinski definition) is 0. The molecule has 0 aliphatic carbocycles. The molecule has 5 heteroatoms. The minimum absolute atomic E-state index is 0.0426. The van der Waals surface area contributed by atoms with Gasteiger partial charge in [0, 0.05) is 4.47 Å². The molecule has 0 aromatic heterocycles. The van der Waals surface area contributed by atoms with Crippen molar-refractivity contribution in [3.8, 4) is 0 Å². The zero-order valence-corrected chi connectivity index (χ0v) is 8.79. The van der Waals surface area contributed by atoms with Crippen LogP contribution in [0, 0.1) is 5.82 Å². The Morgan fingerprint density at radius 2 is 1.58 bits per heavy atom. The van der Waals surface area contributed by atoms with Crippen LogP contribution in [0.25, 0.3) is 0 Å². The third-order valence-electron chi connectivity index (χ3n) is 1.30. The van der Waals surface area contributed by atoms with E-state index in [9.17, 15) is 13.2 Å². The van der Waals surface area contributed by atoms with Gasteiger partial charge in [-0.2, -0.15) is 0 Å². The Balaban J connectivity index is 3.33. The molecule has 1 aromatic carbocycles. The van der Waals surface area contributed by atoms with Crippen LogP contribution in [0.3, 0.4) is 0 Å². The number of halogens is 5. The molecule has 0 bridgehead atoms. The molecule has 0 radical (unpaired) electrons. The number of alkyl halides is 2. The van der Waals surface area contributed by atoms with E-state index >= 15 is 0 Å². The second-order valence-electron chi connectivity index (χ2n) is 2.06. The number of hydrogen-bond donors (Lipinski definition) is 0. The van der Waals surface area contributed by atoms with Crippen molar-refractivity contribution < 1.29 is 13.2 Å². The van der Waals surface area contributed by atoms with Gasteiger partial charge in [0.25, 0.3) is 6.43 Å². The summed E-state index contributed by atoms with van der Waals surface area (Å²) in [5, 5.41) is 0. The first kappa shape index (κ1) is 10.1. The quantitative estimate of drug-likeness (QED) is 0.679. The summed E-state index contributed by atoms with van der Waals surface area (Å²) >= 11 is 5.66. The molecule has 0 aliphatic rings. The molecule has 0 saturated heterocycles. The minimum atomic E-state index is -2.81. The lowest BCUT2D eigenvalue weighted by Crippen LogP contribution is -1.93. The normalized spacial score (nSPS) is 10.8. The second kappa shape index (κ2) is 3.79. The number of benzene rings is 1. The zero-order valence-electron chi connectivity index (χ0n) is 5.62. The van der Waals surface area contributed by atoms with E-state index in [1.54, 1.807) is 0 Å². The molecule has 0 aliphatic heterocycles. The predicted octanol–water partition coefficient (Wildman–Crippen LogP) is 4.29. The maximum atomic E-state index is 13.0. The van der Waals surface area contributed by atoms with Crippen LogP contribution in [-0.4, -0.2) is 0 Å². The predicted molar refractivity (Wildman–Crippen MR) is 46.8 cm³/mol. The van der Waals surface area contributed by atoms with Gasteiger partial charge in [-0.25, -0.2) is 13.2 Å². The maximum Gasteiger partial charge on any atom is 0.267 e. The second-order valence-corrected chi connectivity index (χ2v) is 3.77. The summed E-state index contributed by atoms with van der Waals surface area (Å²) in [7, 11) is 0. The Labute approximate surface area is 84.0 Å². The Bertz CT molecular complexity index is 299. The largest absolute Gasteiger partial charge is 0.267 e. The lowest BCUT2D eigenvalue weighted by atomic mass is 10.2. The highest BCUT2D eigenvalue weighted by atomic mass is 79.9. The van der Waals surface area contributed by atoms with Gasteiger partial charge in [0.2, 0.25) is 0 Å². The summed E-state index contributed by atoms with van der Waals surface area (Å²) in [5.74, 6) is -0.917. The van der Waals surface area contributed by atoms with Crippen LogP contribution in [0.15, 0.2) is 21.1 Å². The molecule has 0 unspecified atom stereocenters. The van der Waals surface area contributed by atoms with Crippen LogP contribution in [0.1, 0.15) is 12.0 Å². The Morgan fingerprint density at radius 3 is 2.00 bits per heavy atom. The molecule has 66 valence electrons. The first-order chi connectivity index (χ1) is 5.54. The lowest BCUT2D eigenvalue weighted by molar-refractivity contribution is 0.145. The van der Waals surface area contributed by atoms with Crippen molar-refractivity contribution in [3.63, 3.8) is 0 Å². The summed E-state index contributed by atoms with van der Waals surface area (Å²) in [4.78, 5) is 0. The third kappa shape index (κ3) is 1.82. The molecular weight excluding hydrogens is 301 g/mol. The highest BCUT2D eigenvalue weighted by Crippen LogP contribution is 2.33. The SMILES string of the molecule is Fc1c(Br)ccc(Br)c1C(F)F. The standard InChI is InChI=1S/C7H3Br2F3/c8-3-1-2-4(9)6(10)5(3)7(11)12/h1-2,7H. The molecule has 0 N–H and O–H groups in total. The van der Waals surface area contributed by atoms with Crippen LogP contribution in [0.4, 0.5) is 13.2 Å². The molecule has 1 aromatic rings. The van der Waals surface area contributed by atoms with E-state index in [4.69, 9.17) is 0 Å². The van der Waals surface area contributed by atoms with Crippen LogP contribution in [-0.2, 0) is 0 Å². The smallest absolute Gasteiger partial charge is 0.205 e. The van der Waals surface area contributed by atoms with Crippen LogP contribution < -0.4 is 0 Å². The molecular formula is C7H3Br2F3. The monoisotopic (exact) mass is 302 g/mol. The average molecular weight is 304 g/mol. The van der Waals surface area contributed by atoms with Crippen molar-refractivity contribution in [3.05, 3.63) is 32.5 Å². The van der Waals surface area contributed by atoms with Gasteiger partial charge in [-0.3, -0.25) is 0 Å². The van der Waals surface area contributed by atoms with Gasteiger partial charge in [0.05, 0.1) is 10.0 Å². The van der Waals surface area contributed by atoms with E-state index in [0.717, 1.165) is 0 Å². The van der Waals surface area contributed by atoms with Crippen LogP contribution in [0.2, 0.25) is 0 Å². The third-order valence-corrected chi connectivity index (χ3v) is 2.60. The Hall–Kier alpha value is -0.0300. The Kier molecular flexibility index (Phi) is 3.17. The van der Waals surface area contributed by atoms with Gasteiger partial charge in [0.15, 0.2) is 0 Å². The first-order valence-corrected chi connectivity index (χ1v) is 4.54. The topological polar surface area (TPSA) is 0 Å². The van der Waals surface area contributed by atoms with E-state index in [-0.39, 0.29) is 8.95 Å². The summed E-state index contributed by atoms with van der Waals surface area (Å²) in [6, 6.07) is 2.74. The van der Waals surface area contributed by atoms with E-state index in [1.165, 1.54) is 12.1 Å². The van der Waals surface area contributed by atoms with Crippen LogP contribution >= 0.6 is 31.9 Å².